The number of nitrogens with zero attached hydrogens (tertiary/aromatic N) is 4. The van der Waals surface area contributed by atoms with Crippen molar-refractivity contribution in [3.8, 4) is 0 Å². The van der Waals surface area contributed by atoms with Crippen LogP contribution in [0.25, 0.3) is 5.70 Å². The van der Waals surface area contributed by atoms with Gasteiger partial charge in [0, 0.05) is 50.8 Å². The number of rotatable bonds is 6. The molecule has 0 radical (unpaired) electrons. The number of hydrogen-bond acceptors (Lipinski definition) is 4. The molecular weight excluding hydrogens is 281 g/mol. The molecule has 22 heavy (non-hydrogen) atoms. The highest BCUT2D eigenvalue weighted by Crippen LogP contribution is 2.08. The van der Waals surface area contributed by atoms with E-state index in [0.29, 0.717) is 0 Å². The number of hydrogen-bond donors (Lipinski definition) is 1. The number of halogens is 1. The average molecular weight is 305 g/mol. The molecule has 2 rings (SSSR count). The molecule has 0 aromatic carbocycles. The van der Waals surface area contributed by atoms with Crippen molar-refractivity contribution in [3.05, 3.63) is 36.6 Å². The van der Waals surface area contributed by atoms with Crippen LogP contribution in [0.1, 0.15) is 19.5 Å². The minimum atomic E-state index is -1.12. The Morgan fingerprint density at radius 2 is 2.27 bits per heavy atom. The molecule has 1 atom stereocenters. The number of piperazine rings is 1. The Morgan fingerprint density at radius 3 is 2.95 bits per heavy atom. The van der Waals surface area contributed by atoms with Crippen LogP contribution in [0.4, 0.5) is 4.39 Å². The molecule has 1 unspecified atom stereocenters. The number of allylic oxidation sites excluding steroid dienone is 3. The topological polar surface area (TPSA) is 45.5 Å². The maximum atomic E-state index is 12.9. The molecule has 6 heteroatoms. The fourth-order valence-corrected chi connectivity index (χ4v) is 2.17. The maximum absolute atomic E-state index is 12.9. The van der Waals surface area contributed by atoms with Gasteiger partial charge in [-0.1, -0.05) is 6.58 Å². The van der Waals surface area contributed by atoms with Gasteiger partial charge in [-0.15, -0.1) is 0 Å². The fraction of sp³-hybridized carbons (Fsp3) is 0.500. The van der Waals surface area contributed by atoms with Gasteiger partial charge in [-0.25, -0.2) is 9.37 Å². The SMILES string of the molecule is C=C(/N=C\C=C(/C)n1cnc(CN2CCNCC2)c1)C(C)F. The second kappa shape index (κ2) is 8.00. The summed E-state index contributed by atoms with van der Waals surface area (Å²) in [5, 5.41) is 3.34. The van der Waals surface area contributed by atoms with E-state index in [1.165, 1.54) is 6.92 Å². The van der Waals surface area contributed by atoms with Gasteiger partial charge in [0.1, 0.15) is 6.17 Å². The first-order valence-electron chi connectivity index (χ1n) is 7.56. The molecule has 0 aliphatic carbocycles. The van der Waals surface area contributed by atoms with Crippen LogP contribution < -0.4 is 5.32 Å². The van der Waals surface area contributed by atoms with Crippen LogP contribution in [0.2, 0.25) is 0 Å². The largest absolute Gasteiger partial charge is 0.314 e. The van der Waals surface area contributed by atoms with E-state index in [2.05, 4.69) is 26.8 Å². The van der Waals surface area contributed by atoms with Crippen molar-refractivity contribution in [2.75, 3.05) is 26.2 Å². The highest BCUT2D eigenvalue weighted by atomic mass is 19.1. The molecule has 5 nitrogen and oxygen atoms in total. The third kappa shape index (κ3) is 4.89. The van der Waals surface area contributed by atoms with Crippen LogP contribution in [0, 0.1) is 0 Å². The van der Waals surface area contributed by atoms with Gasteiger partial charge in [0.2, 0.25) is 0 Å². The molecule has 0 amide bonds. The minimum absolute atomic E-state index is 0.231. The van der Waals surface area contributed by atoms with Crippen molar-refractivity contribution in [2.24, 2.45) is 4.99 Å². The second-order valence-corrected chi connectivity index (χ2v) is 5.49. The van der Waals surface area contributed by atoms with Crippen LogP contribution in [-0.2, 0) is 6.54 Å². The number of imidazole rings is 1. The van der Waals surface area contributed by atoms with Crippen molar-refractivity contribution in [1.29, 1.82) is 0 Å². The second-order valence-electron chi connectivity index (χ2n) is 5.49. The summed E-state index contributed by atoms with van der Waals surface area (Å²) in [4.78, 5) is 10.8. The lowest BCUT2D eigenvalue weighted by Gasteiger charge is -2.26. The van der Waals surface area contributed by atoms with Gasteiger partial charge in [-0.05, 0) is 19.9 Å². The predicted molar refractivity (Wildman–Crippen MR) is 88.5 cm³/mol. The van der Waals surface area contributed by atoms with E-state index in [-0.39, 0.29) is 5.70 Å². The van der Waals surface area contributed by atoms with E-state index < -0.39 is 6.17 Å². The Morgan fingerprint density at radius 1 is 1.55 bits per heavy atom. The smallest absolute Gasteiger partial charge is 0.139 e. The predicted octanol–water partition coefficient (Wildman–Crippen LogP) is 2.09. The fourth-order valence-electron chi connectivity index (χ4n) is 2.17. The van der Waals surface area contributed by atoms with Crippen LogP contribution in [-0.4, -0.2) is 53.0 Å². The first-order chi connectivity index (χ1) is 10.6. The quantitative estimate of drug-likeness (QED) is 0.819. The molecule has 1 aromatic rings. The van der Waals surface area contributed by atoms with Gasteiger partial charge in [0.25, 0.3) is 0 Å². The van der Waals surface area contributed by atoms with Gasteiger partial charge in [0.05, 0.1) is 17.7 Å². The highest BCUT2D eigenvalue weighted by Gasteiger charge is 2.11. The van der Waals surface area contributed by atoms with Crippen molar-refractivity contribution >= 4 is 11.9 Å². The lowest BCUT2D eigenvalue weighted by molar-refractivity contribution is 0.231. The molecule has 0 spiro atoms. The molecule has 1 saturated heterocycles. The lowest BCUT2D eigenvalue weighted by atomic mass is 10.3. The lowest BCUT2D eigenvalue weighted by Crippen LogP contribution is -2.42. The van der Waals surface area contributed by atoms with Crippen molar-refractivity contribution in [1.82, 2.24) is 19.8 Å². The third-order valence-corrected chi connectivity index (χ3v) is 3.65. The molecule has 1 fully saturated rings. The Kier molecular flexibility index (Phi) is 6.03. The molecule has 0 bridgehead atoms. The molecule has 1 aromatic heterocycles. The van der Waals surface area contributed by atoms with E-state index in [1.807, 2.05) is 23.8 Å². The first-order valence-corrected chi connectivity index (χ1v) is 7.56. The zero-order valence-electron chi connectivity index (χ0n) is 13.3. The van der Waals surface area contributed by atoms with E-state index in [9.17, 15) is 4.39 Å². The summed E-state index contributed by atoms with van der Waals surface area (Å²) in [6, 6.07) is 0. The zero-order chi connectivity index (χ0) is 15.9. The normalized spacial score (nSPS) is 18.8. The van der Waals surface area contributed by atoms with Gasteiger partial charge >= 0.3 is 0 Å². The molecule has 120 valence electrons. The molecule has 2 heterocycles. The van der Waals surface area contributed by atoms with Crippen LogP contribution in [0.5, 0.6) is 0 Å². The Bertz CT molecular complexity index is 553. The molecule has 0 saturated carbocycles. The van der Waals surface area contributed by atoms with E-state index in [0.717, 1.165) is 44.1 Å². The Hall–Kier alpha value is -1.79. The van der Waals surface area contributed by atoms with E-state index in [4.69, 9.17) is 0 Å². The molecule has 1 N–H and O–H groups in total. The number of aromatic nitrogens is 2. The number of nitrogens with one attached hydrogen (secondary N) is 1. The van der Waals surface area contributed by atoms with Crippen LogP contribution in [0.15, 0.2) is 35.9 Å². The van der Waals surface area contributed by atoms with Crippen LogP contribution >= 0.6 is 0 Å². The molecule has 1 aliphatic heterocycles. The zero-order valence-corrected chi connectivity index (χ0v) is 13.3. The number of aliphatic imine (C=N–C) groups is 1. The summed E-state index contributed by atoms with van der Waals surface area (Å²) in [7, 11) is 0. The summed E-state index contributed by atoms with van der Waals surface area (Å²) in [6.45, 7) is 12.0. The first kappa shape index (κ1) is 16.6. The van der Waals surface area contributed by atoms with E-state index in [1.54, 1.807) is 12.5 Å². The van der Waals surface area contributed by atoms with Crippen molar-refractivity contribution in [3.63, 3.8) is 0 Å². The summed E-state index contributed by atoms with van der Waals surface area (Å²) in [5.41, 5.74) is 2.25. The van der Waals surface area contributed by atoms with Gasteiger partial charge < -0.3 is 9.88 Å². The average Bonchev–Trinajstić information content (AvgIpc) is 2.96. The number of alkyl halides is 1. The van der Waals surface area contributed by atoms with Gasteiger partial charge in [0.15, 0.2) is 0 Å². The maximum Gasteiger partial charge on any atom is 0.139 e. The van der Waals surface area contributed by atoms with Crippen molar-refractivity contribution in [2.45, 2.75) is 26.6 Å². The third-order valence-electron chi connectivity index (χ3n) is 3.65. The minimum Gasteiger partial charge on any atom is -0.314 e. The van der Waals surface area contributed by atoms with Crippen LogP contribution in [0.3, 0.4) is 0 Å². The molecular formula is C16H24FN5. The Balaban J connectivity index is 1.93. The van der Waals surface area contributed by atoms with Gasteiger partial charge in [-0.3, -0.25) is 9.89 Å². The van der Waals surface area contributed by atoms with Gasteiger partial charge in [-0.2, -0.15) is 0 Å². The summed E-state index contributed by atoms with van der Waals surface area (Å²) in [5.74, 6) is 0. The van der Waals surface area contributed by atoms with E-state index >= 15 is 0 Å². The summed E-state index contributed by atoms with van der Waals surface area (Å²) >= 11 is 0. The summed E-state index contributed by atoms with van der Waals surface area (Å²) < 4.78 is 14.9. The van der Waals surface area contributed by atoms with Crippen molar-refractivity contribution < 1.29 is 4.39 Å². The monoisotopic (exact) mass is 305 g/mol. The highest BCUT2D eigenvalue weighted by molar-refractivity contribution is 5.79. The molecule has 1 aliphatic rings. The standard InChI is InChI=1S/C16H24FN5/c1-13(4-5-19-15(3)14(2)17)22-11-16(20-12-22)10-21-8-6-18-7-9-21/h4-5,11-12,14,18H,3,6-10H2,1-2H3/b13-4+,19-5-. The summed E-state index contributed by atoms with van der Waals surface area (Å²) in [6.07, 6.45) is 6.09. The Labute approximate surface area is 131 Å².